The minimum atomic E-state index is -4.62. The predicted molar refractivity (Wildman–Crippen MR) is 115 cm³/mol. The summed E-state index contributed by atoms with van der Waals surface area (Å²) in [5.41, 5.74) is -0.636. The highest BCUT2D eigenvalue weighted by Gasteiger charge is 2.33. The zero-order chi connectivity index (χ0) is 22.3. The fourth-order valence-electron chi connectivity index (χ4n) is 2.64. The van der Waals surface area contributed by atoms with E-state index in [0.29, 0.717) is 4.21 Å². The van der Waals surface area contributed by atoms with Gasteiger partial charge in [-0.1, -0.05) is 18.0 Å². The van der Waals surface area contributed by atoms with E-state index in [9.17, 15) is 23.1 Å². The molecule has 166 valence electrons. The van der Waals surface area contributed by atoms with Crippen LogP contribution in [0.3, 0.4) is 0 Å². The van der Waals surface area contributed by atoms with E-state index in [4.69, 9.17) is 11.6 Å². The van der Waals surface area contributed by atoms with Crippen molar-refractivity contribution in [1.29, 1.82) is 0 Å². The molecule has 0 radical (unpaired) electrons. The molecule has 0 atom stereocenters. The van der Waals surface area contributed by atoms with Crippen LogP contribution in [-0.2, 0) is 10.9 Å². The normalized spacial score (nSPS) is 14.6. The number of hydrogen-bond acceptors (Lipinski definition) is 7. The SMILES string of the molecule is CN1CCCCC1.COC(=O)c1cc(SNc2ccc(C(F)(F)F)c(O)c2)sc1Cl. The molecule has 1 aliphatic rings. The van der Waals surface area contributed by atoms with Gasteiger partial charge in [-0.15, -0.1) is 11.3 Å². The molecule has 3 rings (SSSR count). The van der Waals surface area contributed by atoms with Crippen molar-refractivity contribution in [3.05, 3.63) is 39.7 Å². The number of benzene rings is 1. The number of hydrogen-bond donors (Lipinski definition) is 2. The van der Waals surface area contributed by atoms with Crippen molar-refractivity contribution in [1.82, 2.24) is 4.90 Å². The maximum absolute atomic E-state index is 12.5. The molecule has 1 aromatic heterocycles. The highest BCUT2D eigenvalue weighted by molar-refractivity contribution is 8.02. The maximum atomic E-state index is 12.5. The Morgan fingerprint density at radius 2 is 1.93 bits per heavy atom. The molecule has 0 bridgehead atoms. The zero-order valence-corrected chi connectivity index (χ0v) is 18.8. The van der Waals surface area contributed by atoms with Gasteiger partial charge in [-0.2, -0.15) is 13.2 Å². The molecule has 11 heteroatoms. The maximum Gasteiger partial charge on any atom is 0.419 e. The first-order valence-electron chi connectivity index (χ1n) is 9.01. The number of ether oxygens (including phenoxy) is 1. The number of carbonyl (C=O) groups is 1. The second-order valence-electron chi connectivity index (χ2n) is 6.54. The van der Waals surface area contributed by atoms with Crippen LogP contribution in [0.5, 0.6) is 5.75 Å². The number of aromatic hydroxyl groups is 1. The van der Waals surface area contributed by atoms with Crippen LogP contribution in [0, 0.1) is 0 Å². The van der Waals surface area contributed by atoms with Gasteiger partial charge in [0.2, 0.25) is 0 Å². The van der Waals surface area contributed by atoms with Gasteiger partial charge in [0, 0.05) is 11.8 Å². The predicted octanol–water partition coefficient (Wildman–Crippen LogP) is 6.13. The Morgan fingerprint density at radius 3 is 2.43 bits per heavy atom. The van der Waals surface area contributed by atoms with Gasteiger partial charge in [-0.3, -0.25) is 0 Å². The zero-order valence-electron chi connectivity index (χ0n) is 16.4. The molecule has 1 aromatic carbocycles. The monoisotopic (exact) mass is 482 g/mol. The summed E-state index contributed by atoms with van der Waals surface area (Å²) in [5, 5.41) is 9.43. The van der Waals surface area contributed by atoms with Crippen molar-refractivity contribution >= 4 is 46.5 Å². The fraction of sp³-hybridized carbons (Fsp3) is 0.421. The number of piperidine rings is 1. The molecule has 2 aromatic rings. The van der Waals surface area contributed by atoms with E-state index in [0.717, 1.165) is 35.4 Å². The third-order valence-electron chi connectivity index (χ3n) is 4.22. The third kappa shape index (κ3) is 7.26. The van der Waals surface area contributed by atoms with Gasteiger partial charge in [0.25, 0.3) is 0 Å². The number of phenols is 1. The highest BCUT2D eigenvalue weighted by atomic mass is 35.5. The van der Waals surface area contributed by atoms with E-state index in [1.54, 1.807) is 0 Å². The summed E-state index contributed by atoms with van der Waals surface area (Å²) in [6.45, 7) is 2.64. The number of nitrogens with one attached hydrogen (secondary N) is 1. The van der Waals surface area contributed by atoms with Crippen LogP contribution in [-0.4, -0.2) is 43.2 Å². The molecule has 1 fully saturated rings. The molecular weight excluding hydrogens is 461 g/mol. The van der Waals surface area contributed by atoms with Gasteiger partial charge in [0.05, 0.1) is 22.4 Å². The standard InChI is InChI=1S/C13H9ClF3NO3S2.C6H13N/c1-21-12(20)7-5-10(22-11(7)14)23-18-6-2-3-8(9(19)4-6)13(15,16)17;1-7-5-3-2-4-6-7/h2-5,18-19H,1H3;2-6H2,1H3. The van der Waals surface area contributed by atoms with E-state index in [1.807, 2.05) is 0 Å². The summed E-state index contributed by atoms with van der Waals surface area (Å²) in [6.07, 6.45) is -0.343. The van der Waals surface area contributed by atoms with Crippen LogP contribution < -0.4 is 4.72 Å². The first kappa shape index (κ1) is 24.6. The van der Waals surface area contributed by atoms with E-state index >= 15 is 0 Å². The van der Waals surface area contributed by atoms with Crippen LogP contribution in [0.4, 0.5) is 18.9 Å². The number of carbonyl (C=O) groups excluding carboxylic acids is 1. The summed E-state index contributed by atoms with van der Waals surface area (Å²) < 4.78 is 45.8. The van der Waals surface area contributed by atoms with Crippen molar-refractivity contribution in [3.8, 4) is 5.75 Å². The van der Waals surface area contributed by atoms with E-state index in [1.165, 1.54) is 51.6 Å². The Morgan fingerprint density at radius 1 is 1.27 bits per heavy atom. The molecule has 0 saturated carbocycles. The number of phenolic OH excluding ortho intramolecular Hbond substituents is 1. The lowest BCUT2D eigenvalue weighted by Gasteiger charge is -2.20. The number of methoxy groups -OCH3 is 1. The topological polar surface area (TPSA) is 61.8 Å². The molecule has 30 heavy (non-hydrogen) atoms. The fourth-order valence-corrected chi connectivity index (χ4v) is 4.83. The van der Waals surface area contributed by atoms with E-state index < -0.39 is 23.5 Å². The van der Waals surface area contributed by atoms with E-state index in [-0.39, 0.29) is 15.6 Å². The molecule has 1 aliphatic heterocycles. The molecule has 5 nitrogen and oxygen atoms in total. The second kappa shape index (κ2) is 11.1. The summed E-state index contributed by atoms with van der Waals surface area (Å²) in [4.78, 5) is 13.8. The largest absolute Gasteiger partial charge is 0.507 e. The highest BCUT2D eigenvalue weighted by Crippen LogP contribution is 2.39. The summed E-state index contributed by atoms with van der Waals surface area (Å²) in [6, 6.07) is 4.43. The van der Waals surface area contributed by atoms with Crippen molar-refractivity contribution in [2.75, 3.05) is 32.0 Å². The van der Waals surface area contributed by atoms with Crippen LogP contribution in [0.2, 0.25) is 4.34 Å². The number of esters is 1. The van der Waals surface area contributed by atoms with Crippen molar-refractivity contribution in [2.45, 2.75) is 29.6 Å². The summed E-state index contributed by atoms with van der Waals surface area (Å²) in [7, 11) is 3.42. The Kier molecular flexibility index (Phi) is 9.14. The quantitative estimate of drug-likeness (QED) is 0.403. The molecular formula is C19H22ClF3N2O3S2. The second-order valence-corrected chi connectivity index (χ2v) is 9.30. The van der Waals surface area contributed by atoms with Gasteiger partial charge >= 0.3 is 12.1 Å². The lowest BCUT2D eigenvalue weighted by atomic mass is 10.1. The van der Waals surface area contributed by atoms with Crippen LogP contribution in [0.25, 0.3) is 0 Å². The molecule has 0 spiro atoms. The lowest BCUT2D eigenvalue weighted by Crippen LogP contribution is -2.24. The number of nitrogens with zero attached hydrogens (tertiary/aromatic N) is 1. The smallest absolute Gasteiger partial charge is 0.419 e. The number of anilines is 1. The van der Waals surface area contributed by atoms with Crippen molar-refractivity contribution < 1.29 is 27.8 Å². The average molecular weight is 483 g/mol. The average Bonchev–Trinajstić information content (AvgIpc) is 3.06. The van der Waals surface area contributed by atoms with Crippen LogP contribution >= 0.6 is 34.9 Å². The molecule has 2 heterocycles. The Bertz CT molecular complexity index is 856. The molecule has 0 unspecified atom stereocenters. The summed E-state index contributed by atoms with van der Waals surface area (Å²) in [5.74, 6) is -1.45. The Hall–Kier alpha value is -1.62. The van der Waals surface area contributed by atoms with Crippen molar-refractivity contribution in [3.63, 3.8) is 0 Å². The molecule has 0 amide bonds. The van der Waals surface area contributed by atoms with Crippen molar-refractivity contribution in [2.24, 2.45) is 0 Å². The van der Waals surface area contributed by atoms with Gasteiger partial charge in [0.15, 0.2) is 0 Å². The minimum Gasteiger partial charge on any atom is -0.507 e. The van der Waals surface area contributed by atoms with Crippen LogP contribution in [0.15, 0.2) is 28.5 Å². The molecule has 2 N–H and O–H groups in total. The molecule has 1 saturated heterocycles. The number of halogens is 4. The lowest BCUT2D eigenvalue weighted by molar-refractivity contribution is -0.138. The third-order valence-corrected chi connectivity index (χ3v) is 6.53. The van der Waals surface area contributed by atoms with Crippen LogP contribution in [0.1, 0.15) is 35.2 Å². The summed E-state index contributed by atoms with van der Waals surface area (Å²) >= 11 is 8.06. The number of likely N-dealkylation sites (tertiary alicyclic amines) is 1. The molecule has 0 aliphatic carbocycles. The first-order chi connectivity index (χ1) is 14.1. The van der Waals surface area contributed by atoms with Gasteiger partial charge in [0.1, 0.15) is 10.1 Å². The number of alkyl halides is 3. The van der Waals surface area contributed by atoms with Gasteiger partial charge in [-0.25, -0.2) is 4.79 Å². The minimum absolute atomic E-state index is 0.207. The Labute approximate surface area is 186 Å². The van der Waals surface area contributed by atoms with Gasteiger partial charge < -0.3 is 19.5 Å². The first-order valence-corrected chi connectivity index (χ1v) is 11.0. The van der Waals surface area contributed by atoms with E-state index in [2.05, 4.69) is 21.4 Å². The Balaban J connectivity index is 0.000000386. The number of rotatable bonds is 4. The number of thiophene rings is 1. The van der Waals surface area contributed by atoms with Gasteiger partial charge in [-0.05, 0) is 63.1 Å².